The van der Waals surface area contributed by atoms with Crippen molar-refractivity contribution in [3.63, 3.8) is 0 Å². The summed E-state index contributed by atoms with van der Waals surface area (Å²) in [6, 6.07) is 0. The van der Waals surface area contributed by atoms with Crippen LogP contribution in [0, 0.1) is 0 Å². The number of guanidine groups is 1. The third-order valence-corrected chi connectivity index (χ3v) is 3.77. The van der Waals surface area contributed by atoms with Crippen LogP contribution in [0.3, 0.4) is 0 Å². The highest BCUT2D eigenvalue weighted by Gasteiger charge is 2.28. The summed E-state index contributed by atoms with van der Waals surface area (Å²) in [6.45, 7) is 5.98. The van der Waals surface area contributed by atoms with Crippen molar-refractivity contribution >= 4 is 17.7 Å². The van der Waals surface area contributed by atoms with Crippen molar-refractivity contribution in [2.75, 3.05) is 18.8 Å². The molecule has 1 atom stereocenters. The molecule has 0 bridgehead atoms. The van der Waals surface area contributed by atoms with Crippen LogP contribution in [0.4, 0.5) is 0 Å². The maximum absolute atomic E-state index is 5.65. The van der Waals surface area contributed by atoms with E-state index in [9.17, 15) is 0 Å². The molecule has 0 spiro atoms. The van der Waals surface area contributed by atoms with Gasteiger partial charge in [0.1, 0.15) is 0 Å². The summed E-state index contributed by atoms with van der Waals surface area (Å²) in [4.78, 5) is 4.33. The standard InChI is InChI=1S/C9H19N3S/c1-3-11-8(10)12-7-9(2)5-4-6-13-9/h3-7H2,1-2H3,(H3,10,11,12). The molecule has 1 aliphatic heterocycles. The number of aliphatic imine (C=N–C) groups is 1. The number of nitrogens with two attached hydrogens (primary N) is 1. The molecule has 0 saturated carbocycles. The van der Waals surface area contributed by atoms with Gasteiger partial charge in [-0.1, -0.05) is 0 Å². The first-order valence-corrected chi connectivity index (χ1v) is 5.82. The first-order chi connectivity index (χ1) is 6.16. The SMILES string of the molecule is CCNC(N)=NCC1(C)CCCS1. The van der Waals surface area contributed by atoms with Crippen molar-refractivity contribution in [1.82, 2.24) is 5.32 Å². The van der Waals surface area contributed by atoms with Crippen molar-refractivity contribution in [2.24, 2.45) is 10.7 Å². The van der Waals surface area contributed by atoms with Crippen LogP contribution >= 0.6 is 11.8 Å². The number of thioether (sulfide) groups is 1. The molecule has 3 N–H and O–H groups in total. The van der Waals surface area contributed by atoms with Crippen LogP contribution in [0.15, 0.2) is 4.99 Å². The lowest BCUT2D eigenvalue weighted by molar-refractivity contribution is 0.617. The van der Waals surface area contributed by atoms with Gasteiger partial charge in [0.25, 0.3) is 0 Å². The zero-order valence-electron chi connectivity index (χ0n) is 8.47. The molecule has 1 fully saturated rings. The van der Waals surface area contributed by atoms with Gasteiger partial charge in [0, 0.05) is 11.3 Å². The maximum Gasteiger partial charge on any atom is 0.188 e. The number of nitrogens with one attached hydrogen (secondary N) is 1. The summed E-state index contributed by atoms with van der Waals surface area (Å²) in [5, 5.41) is 3.01. The Morgan fingerprint density at radius 1 is 1.69 bits per heavy atom. The van der Waals surface area contributed by atoms with Gasteiger partial charge in [0.2, 0.25) is 0 Å². The fraction of sp³-hybridized carbons (Fsp3) is 0.889. The van der Waals surface area contributed by atoms with E-state index in [-0.39, 0.29) is 0 Å². The Labute approximate surface area is 84.6 Å². The first-order valence-electron chi connectivity index (χ1n) is 4.84. The second-order valence-corrected chi connectivity index (χ2v) is 5.32. The zero-order chi connectivity index (χ0) is 9.73. The summed E-state index contributed by atoms with van der Waals surface area (Å²) in [5.41, 5.74) is 5.65. The van der Waals surface area contributed by atoms with Gasteiger partial charge in [0.05, 0.1) is 6.54 Å². The molecule has 1 unspecified atom stereocenters. The molecule has 76 valence electrons. The predicted molar refractivity (Wildman–Crippen MR) is 60.3 cm³/mol. The Bertz CT molecular complexity index is 185. The van der Waals surface area contributed by atoms with Crippen LogP contribution in [0.2, 0.25) is 0 Å². The number of hydrogen-bond donors (Lipinski definition) is 2. The van der Waals surface area contributed by atoms with Gasteiger partial charge in [-0.25, -0.2) is 0 Å². The Morgan fingerprint density at radius 3 is 3.00 bits per heavy atom. The van der Waals surface area contributed by atoms with E-state index in [2.05, 4.69) is 17.2 Å². The molecular weight excluding hydrogens is 182 g/mol. The number of nitrogens with zero attached hydrogens (tertiary/aromatic N) is 1. The van der Waals surface area contributed by atoms with Crippen LogP contribution in [-0.4, -0.2) is 29.5 Å². The highest BCUT2D eigenvalue weighted by Crippen LogP contribution is 2.37. The monoisotopic (exact) mass is 201 g/mol. The first kappa shape index (κ1) is 10.7. The van der Waals surface area contributed by atoms with Gasteiger partial charge in [-0.3, -0.25) is 4.99 Å². The lowest BCUT2D eigenvalue weighted by Gasteiger charge is -2.19. The molecule has 0 radical (unpaired) electrons. The van der Waals surface area contributed by atoms with E-state index in [0.29, 0.717) is 10.7 Å². The predicted octanol–water partition coefficient (Wildman–Crippen LogP) is 1.20. The summed E-state index contributed by atoms with van der Waals surface area (Å²) < 4.78 is 0.333. The summed E-state index contributed by atoms with van der Waals surface area (Å²) in [7, 11) is 0. The van der Waals surface area contributed by atoms with Gasteiger partial charge in [0.15, 0.2) is 5.96 Å². The molecule has 0 aromatic rings. The average molecular weight is 201 g/mol. The number of hydrogen-bond acceptors (Lipinski definition) is 2. The minimum absolute atomic E-state index is 0.333. The smallest absolute Gasteiger partial charge is 0.188 e. The second kappa shape index (κ2) is 4.74. The van der Waals surface area contributed by atoms with Crippen molar-refractivity contribution < 1.29 is 0 Å². The van der Waals surface area contributed by atoms with Crippen molar-refractivity contribution in [2.45, 2.75) is 31.4 Å². The van der Waals surface area contributed by atoms with Crippen LogP contribution in [-0.2, 0) is 0 Å². The van der Waals surface area contributed by atoms with Gasteiger partial charge >= 0.3 is 0 Å². The molecular formula is C9H19N3S. The second-order valence-electron chi connectivity index (χ2n) is 3.63. The lowest BCUT2D eigenvalue weighted by Crippen LogP contribution is -2.33. The van der Waals surface area contributed by atoms with E-state index in [1.54, 1.807) is 0 Å². The fourth-order valence-corrected chi connectivity index (χ4v) is 2.68. The molecule has 1 heterocycles. The fourth-order valence-electron chi connectivity index (χ4n) is 1.45. The van der Waals surface area contributed by atoms with Gasteiger partial charge in [-0.05, 0) is 32.4 Å². The molecule has 1 rings (SSSR count). The van der Waals surface area contributed by atoms with Crippen LogP contribution in [0.25, 0.3) is 0 Å². The third-order valence-electron chi connectivity index (χ3n) is 2.24. The Kier molecular flexibility index (Phi) is 3.90. The molecule has 1 saturated heterocycles. The van der Waals surface area contributed by atoms with Crippen LogP contribution in [0.5, 0.6) is 0 Å². The van der Waals surface area contributed by atoms with Gasteiger partial charge < -0.3 is 11.1 Å². The van der Waals surface area contributed by atoms with E-state index < -0.39 is 0 Å². The van der Waals surface area contributed by atoms with E-state index in [0.717, 1.165) is 13.1 Å². The Balaban J connectivity index is 2.35. The topological polar surface area (TPSA) is 50.4 Å². The minimum Gasteiger partial charge on any atom is -0.370 e. The quantitative estimate of drug-likeness (QED) is 0.533. The minimum atomic E-state index is 0.333. The van der Waals surface area contributed by atoms with E-state index in [4.69, 9.17) is 5.73 Å². The van der Waals surface area contributed by atoms with E-state index in [1.165, 1.54) is 18.6 Å². The van der Waals surface area contributed by atoms with Crippen molar-refractivity contribution in [3.05, 3.63) is 0 Å². The Hall–Kier alpha value is -0.380. The third kappa shape index (κ3) is 3.46. The van der Waals surface area contributed by atoms with Gasteiger partial charge in [-0.2, -0.15) is 11.8 Å². The number of rotatable bonds is 3. The molecule has 13 heavy (non-hydrogen) atoms. The van der Waals surface area contributed by atoms with Crippen molar-refractivity contribution in [1.29, 1.82) is 0 Å². The summed E-state index contributed by atoms with van der Waals surface area (Å²) >= 11 is 2.01. The van der Waals surface area contributed by atoms with Crippen LogP contribution < -0.4 is 11.1 Å². The highest BCUT2D eigenvalue weighted by atomic mass is 32.2. The van der Waals surface area contributed by atoms with E-state index in [1.807, 2.05) is 18.7 Å². The summed E-state index contributed by atoms with van der Waals surface area (Å²) in [6.07, 6.45) is 2.58. The largest absolute Gasteiger partial charge is 0.370 e. The lowest BCUT2D eigenvalue weighted by atomic mass is 10.1. The average Bonchev–Trinajstić information content (AvgIpc) is 2.51. The molecule has 0 aliphatic carbocycles. The van der Waals surface area contributed by atoms with E-state index >= 15 is 0 Å². The Morgan fingerprint density at radius 2 is 2.46 bits per heavy atom. The molecule has 0 aromatic heterocycles. The molecule has 1 aliphatic rings. The highest BCUT2D eigenvalue weighted by molar-refractivity contribution is 8.00. The summed E-state index contributed by atoms with van der Waals surface area (Å²) in [5.74, 6) is 1.85. The zero-order valence-corrected chi connectivity index (χ0v) is 9.28. The van der Waals surface area contributed by atoms with Gasteiger partial charge in [-0.15, -0.1) is 0 Å². The molecule has 3 nitrogen and oxygen atoms in total. The van der Waals surface area contributed by atoms with Crippen LogP contribution in [0.1, 0.15) is 26.7 Å². The van der Waals surface area contributed by atoms with Crippen molar-refractivity contribution in [3.8, 4) is 0 Å². The molecule has 4 heteroatoms. The molecule has 0 amide bonds. The maximum atomic E-state index is 5.65. The molecule has 0 aromatic carbocycles. The normalized spacial score (nSPS) is 29.2.